The van der Waals surface area contributed by atoms with E-state index >= 15 is 0 Å². The standard InChI is InChI=1S/C10H18N2O/c1-7(13)5-8-6-11-12-9(8)10(2,3)4/h6-7,13H,5H2,1-4H3,(H,11,12)/t7-/m1/s1. The molecule has 1 rings (SSSR count). The van der Waals surface area contributed by atoms with Crippen molar-refractivity contribution in [3.05, 3.63) is 17.5 Å². The molecule has 1 atom stereocenters. The van der Waals surface area contributed by atoms with Crippen LogP contribution in [0.4, 0.5) is 0 Å². The molecule has 0 spiro atoms. The van der Waals surface area contributed by atoms with E-state index in [1.807, 2.05) is 0 Å². The fraction of sp³-hybridized carbons (Fsp3) is 0.700. The average molecular weight is 182 g/mol. The Kier molecular flexibility index (Phi) is 2.76. The van der Waals surface area contributed by atoms with Crippen LogP contribution in [-0.2, 0) is 11.8 Å². The minimum atomic E-state index is -0.307. The fourth-order valence-corrected chi connectivity index (χ4v) is 1.43. The van der Waals surface area contributed by atoms with Crippen LogP contribution < -0.4 is 0 Å². The van der Waals surface area contributed by atoms with Gasteiger partial charge in [-0.05, 0) is 12.5 Å². The quantitative estimate of drug-likeness (QED) is 0.730. The van der Waals surface area contributed by atoms with Crippen molar-refractivity contribution in [2.45, 2.75) is 45.6 Å². The molecule has 74 valence electrons. The Hall–Kier alpha value is -0.830. The Bertz CT molecular complexity index is 271. The van der Waals surface area contributed by atoms with Gasteiger partial charge in [0.1, 0.15) is 0 Å². The molecule has 0 aromatic carbocycles. The molecule has 0 unspecified atom stereocenters. The Labute approximate surface area is 79.2 Å². The monoisotopic (exact) mass is 182 g/mol. The summed E-state index contributed by atoms with van der Waals surface area (Å²) in [6, 6.07) is 0. The van der Waals surface area contributed by atoms with Crippen LogP contribution in [0.5, 0.6) is 0 Å². The first kappa shape index (κ1) is 10.3. The number of aromatic nitrogens is 2. The summed E-state index contributed by atoms with van der Waals surface area (Å²) in [6.45, 7) is 8.18. The van der Waals surface area contributed by atoms with E-state index in [-0.39, 0.29) is 11.5 Å². The molecule has 3 heteroatoms. The van der Waals surface area contributed by atoms with Crippen molar-refractivity contribution < 1.29 is 5.11 Å². The summed E-state index contributed by atoms with van der Waals surface area (Å²) in [5, 5.41) is 16.3. The van der Waals surface area contributed by atoms with Gasteiger partial charge in [-0.1, -0.05) is 20.8 Å². The second-order valence-corrected chi connectivity index (χ2v) is 4.57. The largest absolute Gasteiger partial charge is 0.393 e. The Morgan fingerprint density at radius 1 is 1.54 bits per heavy atom. The van der Waals surface area contributed by atoms with E-state index in [2.05, 4.69) is 31.0 Å². The van der Waals surface area contributed by atoms with Crippen molar-refractivity contribution in [2.75, 3.05) is 0 Å². The minimum absolute atomic E-state index is 0.0702. The predicted molar refractivity (Wildman–Crippen MR) is 52.7 cm³/mol. The van der Waals surface area contributed by atoms with Crippen molar-refractivity contribution in [1.82, 2.24) is 10.2 Å². The smallest absolute Gasteiger partial charge is 0.0553 e. The summed E-state index contributed by atoms with van der Waals surface area (Å²) in [5.41, 5.74) is 2.30. The first-order valence-corrected chi connectivity index (χ1v) is 4.62. The van der Waals surface area contributed by atoms with Gasteiger partial charge in [0.15, 0.2) is 0 Å². The highest BCUT2D eigenvalue weighted by atomic mass is 16.3. The van der Waals surface area contributed by atoms with Crippen molar-refractivity contribution in [2.24, 2.45) is 0 Å². The van der Waals surface area contributed by atoms with E-state index in [0.717, 1.165) is 11.3 Å². The molecule has 13 heavy (non-hydrogen) atoms. The second-order valence-electron chi connectivity index (χ2n) is 4.57. The molecule has 0 aliphatic rings. The lowest BCUT2D eigenvalue weighted by molar-refractivity contribution is 0.195. The zero-order valence-corrected chi connectivity index (χ0v) is 8.76. The van der Waals surface area contributed by atoms with Crippen LogP contribution in [0.1, 0.15) is 39.0 Å². The van der Waals surface area contributed by atoms with Crippen molar-refractivity contribution in [3.8, 4) is 0 Å². The van der Waals surface area contributed by atoms with Gasteiger partial charge in [0.05, 0.1) is 12.3 Å². The zero-order chi connectivity index (χ0) is 10.1. The highest BCUT2D eigenvalue weighted by molar-refractivity contribution is 5.23. The molecule has 0 amide bonds. The van der Waals surface area contributed by atoms with Gasteiger partial charge in [0.2, 0.25) is 0 Å². The number of hydrogen-bond donors (Lipinski definition) is 2. The summed E-state index contributed by atoms with van der Waals surface area (Å²) in [5.74, 6) is 0. The molecule has 0 bridgehead atoms. The number of aliphatic hydroxyl groups excluding tert-OH is 1. The van der Waals surface area contributed by atoms with Crippen LogP contribution in [0.3, 0.4) is 0 Å². The van der Waals surface area contributed by atoms with Crippen LogP contribution in [0.25, 0.3) is 0 Å². The third-order valence-corrected chi connectivity index (χ3v) is 1.98. The summed E-state index contributed by atoms with van der Waals surface area (Å²) in [6.07, 6.45) is 2.16. The normalized spacial score (nSPS) is 14.5. The number of nitrogens with zero attached hydrogens (tertiary/aromatic N) is 1. The summed E-state index contributed by atoms with van der Waals surface area (Å²) in [4.78, 5) is 0. The number of H-pyrrole nitrogens is 1. The summed E-state index contributed by atoms with van der Waals surface area (Å²) < 4.78 is 0. The van der Waals surface area contributed by atoms with E-state index in [0.29, 0.717) is 6.42 Å². The SMILES string of the molecule is C[C@@H](O)Cc1cn[nH]c1C(C)(C)C. The van der Waals surface area contributed by atoms with Gasteiger partial charge in [0.25, 0.3) is 0 Å². The van der Waals surface area contributed by atoms with Gasteiger partial charge >= 0.3 is 0 Å². The van der Waals surface area contributed by atoms with Crippen LogP contribution in [0, 0.1) is 0 Å². The predicted octanol–water partition coefficient (Wildman–Crippen LogP) is 1.63. The molecule has 0 saturated carbocycles. The number of rotatable bonds is 2. The molecule has 0 aliphatic heterocycles. The van der Waals surface area contributed by atoms with Crippen LogP contribution in [0.15, 0.2) is 6.20 Å². The molecule has 3 nitrogen and oxygen atoms in total. The average Bonchev–Trinajstić information content (AvgIpc) is 2.31. The van der Waals surface area contributed by atoms with Gasteiger partial charge in [-0.15, -0.1) is 0 Å². The van der Waals surface area contributed by atoms with Gasteiger partial charge in [-0.2, -0.15) is 5.10 Å². The third kappa shape index (κ3) is 2.56. The van der Waals surface area contributed by atoms with E-state index < -0.39 is 0 Å². The molecule has 0 aliphatic carbocycles. The third-order valence-electron chi connectivity index (χ3n) is 1.98. The molecular weight excluding hydrogens is 164 g/mol. The molecular formula is C10H18N2O. The molecule has 1 heterocycles. The maximum atomic E-state index is 9.27. The molecule has 1 aromatic heterocycles. The molecule has 1 aromatic rings. The first-order chi connectivity index (χ1) is 5.91. The number of nitrogens with one attached hydrogen (secondary N) is 1. The van der Waals surface area contributed by atoms with E-state index in [1.165, 1.54) is 0 Å². The van der Waals surface area contributed by atoms with Gasteiger partial charge in [0, 0.05) is 17.5 Å². The van der Waals surface area contributed by atoms with Crippen molar-refractivity contribution in [3.63, 3.8) is 0 Å². The Balaban J connectivity index is 2.90. The van der Waals surface area contributed by atoms with Gasteiger partial charge in [-0.3, -0.25) is 5.10 Å². The minimum Gasteiger partial charge on any atom is -0.393 e. The lowest BCUT2D eigenvalue weighted by atomic mass is 9.88. The lowest BCUT2D eigenvalue weighted by Gasteiger charge is -2.18. The fourth-order valence-electron chi connectivity index (χ4n) is 1.43. The highest BCUT2D eigenvalue weighted by Gasteiger charge is 2.20. The van der Waals surface area contributed by atoms with Crippen LogP contribution >= 0.6 is 0 Å². The summed E-state index contributed by atoms with van der Waals surface area (Å²) in [7, 11) is 0. The Morgan fingerprint density at radius 2 is 2.15 bits per heavy atom. The van der Waals surface area contributed by atoms with E-state index in [1.54, 1.807) is 13.1 Å². The number of aliphatic hydroxyl groups is 1. The van der Waals surface area contributed by atoms with Gasteiger partial charge in [-0.25, -0.2) is 0 Å². The van der Waals surface area contributed by atoms with E-state index in [9.17, 15) is 5.11 Å². The second kappa shape index (κ2) is 3.50. The van der Waals surface area contributed by atoms with Gasteiger partial charge < -0.3 is 5.11 Å². The summed E-state index contributed by atoms with van der Waals surface area (Å²) >= 11 is 0. The van der Waals surface area contributed by atoms with Crippen molar-refractivity contribution >= 4 is 0 Å². The Morgan fingerprint density at radius 3 is 2.62 bits per heavy atom. The number of hydrogen-bond acceptors (Lipinski definition) is 2. The topological polar surface area (TPSA) is 48.9 Å². The van der Waals surface area contributed by atoms with Crippen LogP contribution in [-0.4, -0.2) is 21.4 Å². The van der Waals surface area contributed by atoms with E-state index in [4.69, 9.17) is 0 Å². The maximum absolute atomic E-state index is 9.27. The maximum Gasteiger partial charge on any atom is 0.0553 e. The van der Waals surface area contributed by atoms with Crippen LogP contribution in [0.2, 0.25) is 0 Å². The van der Waals surface area contributed by atoms with Crippen molar-refractivity contribution in [1.29, 1.82) is 0 Å². The first-order valence-electron chi connectivity index (χ1n) is 4.62. The molecule has 0 radical (unpaired) electrons. The molecule has 0 fully saturated rings. The number of aromatic amines is 1. The zero-order valence-electron chi connectivity index (χ0n) is 8.76. The highest BCUT2D eigenvalue weighted by Crippen LogP contribution is 2.23. The lowest BCUT2D eigenvalue weighted by Crippen LogP contribution is -2.16. The molecule has 2 N–H and O–H groups in total. The molecule has 0 saturated heterocycles.